The molecule has 0 aliphatic heterocycles. The molecule has 0 atom stereocenters. The molecule has 1 aromatic rings. The van der Waals surface area contributed by atoms with E-state index in [1.807, 2.05) is 6.92 Å². The first-order valence-electron chi connectivity index (χ1n) is 6.53. The third-order valence-electron chi connectivity index (χ3n) is 2.74. The van der Waals surface area contributed by atoms with Gasteiger partial charge < -0.3 is 25.2 Å². The van der Waals surface area contributed by atoms with Crippen molar-refractivity contribution in [1.82, 2.24) is 5.32 Å². The quantitative estimate of drug-likeness (QED) is 0.626. The average molecular weight is 296 g/mol. The van der Waals surface area contributed by atoms with E-state index in [1.54, 1.807) is 0 Å². The molecular formula is C14H20N2O5. The highest BCUT2D eigenvalue weighted by atomic mass is 16.5. The lowest BCUT2D eigenvalue weighted by atomic mass is 10.1. The van der Waals surface area contributed by atoms with Gasteiger partial charge >= 0.3 is 5.97 Å². The zero-order valence-electron chi connectivity index (χ0n) is 12.4. The van der Waals surface area contributed by atoms with Crippen LogP contribution in [0.5, 0.6) is 11.5 Å². The van der Waals surface area contributed by atoms with Crippen LogP contribution in [-0.4, -0.2) is 44.3 Å². The first-order valence-corrected chi connectivity index (χ1v) is 6.53. The summed E-state index contributed by atoms with van der Waals surface area (Å²) in [4.78, 5) is 23.0. The summed E-state index contributed by atoms with van der Waals surface area (Å²) < 4.78 is 10.2. The monoisotopic (exact) mass is 296 g/mol. The van der Waals surface area contributed by atoms with Crippen LogP contribution in [0.25, 0.3) is 0 Å². The molecule has 0 aliphatic carbocycles. The minimum absolute atomic E-state index is 0.0588. The largest absolute Gasteiger partial charge is 0.493 e. The van der Waals surface area contributed by atoms with Crippen LogP contribution >= 0.6 is 0 Å². The second-order valence-electron chi connectivity index (χ2n) is 4.28. The predicted molar refractivity (Wildman–Crippen MR) is 78.3 cm³/mol. The molecule has 0 saturated heterocycles. The lowest BCUT2D eigenvalue weighted by Crippen LogP contribution is -2.29. The van der Waals surface area contributed by atoms with E-state index in [2.05, 4.69) is 10.6 Å². The van der Waals surface area contributed by atoms with E-state index in [9.17, 15) is 14.7 Å². The average Bonchev–Trinajstić information content (AvgIpc) is 2.46. The summed E-state index contributed by atoms with van der Waals surface area (Å²) in [5.41, 5.74) is 0.111. The summed E-state index contributed by atoms with van der Waals surface area (Å²) in [5.74, 6) is -0.845. The molecule has 7 nitrogen and oxygen atoms in total. The number of carboxylic acid groups (broad SMARTS) is 1. The van der Waals surface area contributed by atoms with Crippen molar-refractivity contribution in [3.8, 4) is 11.5 Å². The summed E-state index contributed by atoms with van der Waals surface area (Å²) in [5, 5.41) is 14.7. The Morgan fingerprint density at radius 3 is 2.33 bits per heavy atom. The van der Waals surface area contributed by atoms with Crippen molar-refractivity contribution >= 4 is 17.6 Å². The van der Waals surface area contributed by atoms with Gasteiger partial charge in [-0.25, -0.2) is 4.79 Å². The number of methoxy groups -OCH3 is 2. The minimum Gasteiger partial charge on any atom is -0.493 e. The molecule has 0 saturated carbocycles. The Morgan fingerprint density at radius 2 is 1.81 bits per heavy atom. The zero-order valence-corrected chi connectivity index (χ0v) is 12.4. The second-order valence-corrected chi connectivity index (χ2v) is 4.28. The standard InChI is InChI=1S/C14H20N2O5/c1-4-5-15-8-13(17)16-10-7-12(21-3)11(20-2)6-9(10)14(18)19/h6-7,15H,4-5,8H2,1-3H3,(H,16,17)(H,18,19). The molecule has 0 unspecified atom stereocenters. The van der Waals surface area contributed by atoms with Crippen molar-refractivity contribution < 1.29 is 24.2 Å². The smallest absolute Gasteiger partial charge is 0.337 e. The van der Waals surface area contributed by atoms with Gasteiger partial charge in [0.05, 0.1) is 32.0 Å². The Labute approximate surface area is 123 Å². The maximum atomic E-state index is 11.8. The van der Waals surface area contributed by atoms with Gasteiger partial charge in [-0.3, -0.25) is 4.79 Å². The summed E-state index contributed by atoms with van der Waals surface area (Å²) in [6, 6.07) is 2.75. The van der Waals surface area contributed by atoms with Crippen LogP contribution in [0, 0.1) is 0 Å². The normalized spacial score (nSPS) is 10.0. The molecule has 0 heterocycles. The molecule has 0 aliphatic rings. The molecule has 0 bridgehead atoms. The van der Waals surface area contributed by atoms with Crippen molar-refractivity contribution in [2.75, 3.05) is 32.6 Å². The van der Waals surface area contributed by atoms with Crippen molar-refractivity contribution in [3.05, 3.63) is 17.7 Å². The number of aromatic carboxylic acids is 1. The number of benzene rings is 1. The van der Waals surface area contributed by atoms with Crippen molar-refractivity contribution in [1.29, 1.82) is 0 Å². The molecule has 0 fully saturated rings. The molecule has 1 aromatic carbocycles. The van der Waals surface area contributed by atoms with Crippen molar-refractivity contribution in [2.45, 2.75) is 13.3 Å². The summed E-state index contributed by atoms with van der Waals surface area (Å²) >= 11 is 0. The van der Waals surface area contributed by atoms with Crippen molar-refractivity contribution in [2.24, 2.45) is 0 Å². The molecule has 1 amide bonds. The highest BCUT2D eigenvalue weighted by molar-refractivity contribution is 6.02. The van der Waals surface area contributed by atoms with E-state index >= 15 is 0 Å². The Morgan fingerprint density at radius 1 is 1.19 bits per heavy atom. The van der Waals surface area contributed by atoms with Gasteiger partial charge in [-0.15, -0.1) is 0 Å². The first-order chi connectivity index (χ1) is 10.0. The van der Waals surface area contributed by atoms with Crippen LogP contribution in [-0.2, 0) is 4.79 Å². The zero-order chi connectivity index (χ0) is 15.8. The predicted octanol–water partition coefficient (Wildman–Crippen LogP) is 1.34. The fourth-order valence-corrected chi connectivity index (χ4v) is 1.73. The SMILES string of the molecule is CCCNCC(=O)Nc1cc(OC)c(OC)cc1C(=O)O. The third kappa shape index (κ3) is 4.64. The van der Waals surface area contributed by atoms with Crippen LogP contribution in [0.2, 0.25) is 0 Å². The summed E-state index contributed by atoms with van der Waals surface area (Å²) in [7, 11) is 2.85. The fraction of sp³-hybridized carbons (Fsp3) is 0.429. The van der Waals surface area contributed by atoms with Gasteiger partial charge in [0.2, 0.25) is 5.91 Å². The minimum atomic E-state index is -1.16. The number of carbonyl (C=O) groups is 2. The first kappa shape index (κ1) is 16.8. The van der Waals surface area contributed by atoms with Crippen molar-refractivity contribution in [3.63, 3.8) is 0 Å². The number of nitrogens with one attached hydrogen (secondary N) is 2. The van der Waals surface area contributed by atoms with Gasteiger partial charge in [-0.1, -0.05) is 6.92 Å². The number of hydrogen-bond donors (Lipinski definition) is 3. The van der Waals surface area contributed by atoms with Gasteiger partial charge in [0.15, 0.2) is 11.5 Å². The molecular weight excluding hydrogens is 276 g/mol. The lowest BCUT2D eigenvalue weighted by molar-refractivity contribution is -0.115. The maximum Gasteiger partial charge on any atom is 0.337 e. The topological polar surface area (TPSA) is 96.9 Å². The molecule has 0 spiro atoms. The number of carboxylic acids is 1. The molecule has 21 heavy (non-hydrogen) atoms. The maximum absolute atomic E-state index is 11.8. The Bertz CT molecular complexity index is 516. The highest BCUT2D eigenvalue weighted by Gasteiger charge is 2.17. The van der Waals surface area contributed by atoms with Gasteiger partial charge in [0.1, 0.15) is 0 Å². The molecule has 3 N–H and O–H groups in total. The van der Waals surface area contributed by atoms with E-state index in [0.29, 0.717) is 12.3 Å². The number of anilines is 1. The number of amides is 1. The Hall–Kier alpha value is -2.28. The second kappa shape index (κ2) is 8.11. The lowest BCUT2D eigenvalue weighted by Gasteiger charge is -2.13. The molecule has 1 rings (SSSR count). The van der Waals surface area contributed by atoms with Crippen LogP contribution in [0.3, 0.4) is 0 Å². The number of carbonyl (C=O) groups excluding carboxylic acids is 1. The van der Waals surface area contributed by atoms with E-state index in [4.69, 9.17) is 9.47 Å². The summed E-state index contributed by atoms with van der Waals surface area (Å²) in [6.45, 7) is 2.81. The Kier molecular flexibility index (Phi) is 6.48. The third-order valence-corrected chi connectivity index (χ3v) is 2.74. The number of ether oxygens (including phenoxy) is 2. The molecule has 7 heteroatoms. The van der Waals surface area contributed by atoms with E-state index in [-0.39, 0.29) is 29.5 Å². The highest BCUT2D eigenvalue weighted by Crippen LogP contribution is 2.33. The van der Waals surface area contributed by atoms with Crippen LogP contribution in [0.1, 0.15) is 23.7 Å². The Balaban J connectivity index is 2.98. The van der Waals surface area contributed by atoms with Gasteiger partial charge in [0.25, 0.3) is 0 Å². The molecule has 0 aromatic heterocycles. The number of rotatable bonds is 8. The fourth-order valence-electron chi connectivity index (χ4n) is 1.73. The number of hydrogen-bond acceptors (Lipinski definition) is 5. The van der Waals surface area contributed by atoms with Crippen LogP contribution < -0.4 is 20.1 Å². The van der Waals surface area contributed by atoms with Gasteiger partial charge in [-0.05, 0) is 13.0 Å². The van der Waals surface area contributed by atoms with E-state index in [0.717, 1.165) is 6.42 Å². The molecule has 116 valence electrons. The van der Waals surface area contributed by atoms with Gasteiger partial charge in [0, 0.05) is 12.1 Å². The van der Waals surface area contributed by atoms with Crippen LogP contribution in [0.15, 0.2) is 12.1 Å². The van der Waals surface area contributed by atoms with E-state index in [1.165, 1.54) is 26.4 Å². The molecule has 0 radical (unpaired) electrons. The van der Waals surface area contributed by atoms with E-state index < -0.39 is 5.97 Å². The summed E-state index contributed by atoms with van der Waals surface area (Å²) in [6.07, 6.45) is 0.907. The van der Waals surface area contributed by atoms with Crippen LogP contribution in [0.4, 0.5) is 5.69 Å². The van der Waals surface area contributed by atoms with Gasteiger partial charge in [-0.2, -0.15) is 0 Å².